The van der Waals surface area contributed by atoms with Crippen LogP contribution in [-0.4, -0.2) is 50.3 Å². The first-order chi connectivity index (χ1) is 9.69. The summed E-state index contributed by atoms with van der Waals surface area (Å²) in [4.78, 5) is 21.5. The van der Waals surface area contributed by atoms with Crippen LogP contribution in [0.3, 0.4) is 0 Å². The number of carboxylic acids is 1. The van der Waals surface area contributed by atoms with Gasteiger partial charge in [0.25, 0.3) is 0 Å². The van der Waals surface area contributed by atoms with Gasteiger partial charge in [-0.2, -0.15) is 0 Å². The minimum atomic E-state index is -4.03. The number of rotatable bonds is 6. The fourth-order valence-corrected chi connectivity index (χ4v) is 3.45. The number of hydrogen-bond donors (Lipinski definition) is 3. The Morgan fingerprint density at radius 2 is 2.05 bits per heavy atom. The molecule has 0 fully saturated rings. The van der Waals surface area contributed by atoms with Gasteiger partial charge >= 0.3 is 11.9 Å². The number of sulfonamides is 1. The number of carbonyl (C=O) groups excluding carboxylic acids is 1. The van der Waals surface area contributed by atoms with Gasteiger partial charge < -0.3 is 14.9 Å². The van der Waals surface area contributed by atoms with Gasteiger partial charge in [-0.15, -0.1) is 0 Å². The Bertz CT molecular complexity index is 659. The van der Waals surface area contributed by atoms with Crippen molar-refractivity contribution < 1.29 is 33.0 Å². The van der Waals surface area contributed by atoms with E-state index >= 15 is 0 Å². The minimum absolute atomic E-state index is 0.0439. The summed E-state index contributed by atoms with van der Waals surface area (Å²) >= 11 is 2.96. The van der Waals surface area contributed by atoms with E-state index < -0.39 is 34.6 Å². The number of carbonyl (C=O) groups is 2. The predicted octanol–water partition coefficient (Wildman–Crippen LogP) is -0.0405. The molecule has 1 unspecified atom stereocenters. The van der Waals surface area contributed by atoms with Crippen molar-refractivity contribution in [1.82, 2.24) is 4.72 Å². The lowest BCUT2D eigenvalue weighted by Crippen LogP contribution is -2.37. The van der Waals surface area contributed by atoms with Gasteiger partial charge in [0.1, 0.15) is 0 Å². The Morgan fingerprint density at radius 3 is 2.52 bits per heavy atom. The van der Waals surface area contributed by atoms with Crippen molar-refractivity contribution in [2.45, 2.75) is 11.0 Å². The van der Waals surface area contributed by atoms with E-state index in [0.29, 0.717) is 0 Å². The van der Waals surface area contributed by atoms with Crippen LogP contribution in [0.1, 0.15) is 10.4 Å². The van der Waals surface area contributed by atoms with E-state index in [2.05, 4.69) is 20.7 Å². The Hall–Kier alpha value is -1.49. The van der Waals surface area contributed by atoms with E-state index in [1.807, 2.05) is 4.72 Å². The molecule has 3 N–H and O–H groups in total. The first kappa shape index (κ1) is 17.6. The van der Waals surface area contributed by atoms with E-state index in [9.17, 15) is 23.1 Å². The lowest BCUT2D eigenvalue weighted by atomic mass is 10.2. The number of aromatic carboxylic acids is 1. The van der Waals surface area contributed by atoms with Gasteiger partial charge in [0.15, 0.2) is 6.10 Å². The lowest BCUT2D eigenvalue weighted by Gasteiger charge is -2.11. The predicted molar refractivity (Wildman–Crippen MR) is 74.3 cm³/mol. The van der Waals surface area contributed by atoms with Crippen molar-refractivity contribution in [2.24, 2.45) is 0 Å². The molecule has 0 aromatic heterocycles. The van der Waals surface area contributed by atoms with Gasteiger partial charge in [-0.3, -0.25) is 0 Å². The SMILES string of the molecule is COC(=O)C(O)CNS(=O)(=O)c1ccc(C(=O)O)cc1Br. The number of benzene rings is 1. The van der Waals surface area contributed by atoms with Crippen LogP contribution >= 0.6 is 15.9 Å². The second-order valence-corrected chi connectivity index (χ2v) is 6.43. The number of methoxy groups -OCH3 is 1. The quantitative estimate of drug-likeness (QED) is 0.589. The van der Waals surface area contributed by atoms with Gasteiger partial charge in [-0.1, -0.05) is 0 Å². The minimum Gasteiger partial charge on any atom is -0.478 e. The number of ether oxygens (including phenoxy) is 1. The molecular weight excluding hydrogens is 370 g/mol. The molecule has 1 aromatic carbocycles. The smallest absolute Gasteiger partial charge is 0.336 e. The Kier molecular flexibility index (Phi) is 5.84. The van der Waals surface area contributed by atoms with Crippen molar-refractivity contribution in [2.75, 3.05) is 13.7 Å². The Morgan fingerprint density at radius 1 is 1.43 bits per heavy atom. The number of esters is 1. The van der Waals surface area contributed by atoms with Gasteiger partial charge in [0.2, 0.25) is 10.0 Å². The molecule has 21 heavy (non-hydrogen) atoms. The highest BCUT2D eigenvalue weighted by molar-refractivity contribution is 9.10. The number of carboxylic acid groups (broad SMARTS) is 1. The van der Waals surface area contributed by atoms with E-state index in [-0.39, 0.29) is 14.9 Å². The van der Waals surface area contributed by atoms with Crippen LogP contribution in [0, 0.1) is 0 Å². The largest absolute Gasteiger partial charge is 0.478 e. The third-order valence-corrected chi connectivity index (χ3v) is 4.81. The summed E-state index contributed by atoms with van der Waals surface area (Å²) in [5, 5.41) is 18.1. The van der Waals surface area contributed by atoms with E-state index in [1.54, 1.807) is 0 Å². The van der Waals surface area contributed by atoms with Crippen LogP contribution in [-0.2, 0) is 19.6 Å². The number of aliphatic hydroxyl groups is 1. The van der Waals surface area contributed by atoms with E-state index in [1.165, 1.54) is 0 Å². The standard InChI is InChI=1S/C11H12BrNO7S/c1-20-11(17)8(14)5-13-21(18,19)9-3-2-6(10(15)16)4-7(9)12/h2-4,8,13-14H,5H2,1H3,(H,15,16). The molecule has 1 aromatic rings. The Labute approximate surface area is 128 Å². The van der Waals surface area contributed by atoms with Crippen LogP contribution in [0.4, 0.5) is 0 Å². The number of aliphatic hydroxyl groups excluding tert-OH is 1. The lowest BCUT2D eigenvalue weighted by molar-refractivity contribution is -0.149. The summed E-state index contributed by atoms with van der Waals surface area (Å²) < 4.78 is 30.3. The van der Waals surface area contributed by atoms with Gasteiger partial charge in [-0.25, -0.2) is 22.7 Å². The number of halogens is 1. The summed E-state index contributed by atoms with van der Waals surface area (Å²) in [6.45, 7) is -0.567. The fraction of sp³-hybridized carbons (Fsp3) is 0.273. The summed E-state index contributed by atoms with van der Waals surface area (Å²) in [6.07, 6.45) is -1.64. The van der Waals surface area contributed by atoms with Crippen molar-refractivity contribution in [3.05, 3.63) is 28.2 Å². The van der Waals surface area contributed by atoms with Crippen LogP contribution in [0.25, 0.3) is 0 Å². The summed E-state index contributed by atoms with van der Waals surface area (Å²) in [7, 11) is -2.97. The topological polar surface area (TPSA) is 130 Å². The third kappa shape index (κ3) is 4.49. The van der Waals surface area contributed by atoms with Crippen molar-refractivity contribution in [1.29, 1.82) is 0 Å². The fourth-order valence-electron chi connectivity index (χ4n) is 1.34. The molecule has 0 aliphatic heterocycles. The average Bonchev–Trinajstić information content (AvgIpc) is 2.43. The van der Waals surface area contributed by atoms with Crippen molar-refractivity contribution >= 4 is 37.9 Å². The summed E-state index contributed by atoms with van der Waals surface area (Å²) in [5.41, 5.74) is -0.0876. The summed E-state index contributed by atoms with van der Waals surface area (Å²) in [5.74, 6) is -2.17. The molecule has 0 saturated heterocycles. The zero-order valence-electron chi connectivity index (χ0n) is 10.7. The first-order valence-corrected chi connectivity index (χ1v) is 7.75. The number of nitrogens with one attached hydrogen (secondary N) is 1. The average molecular weight is 382 g/mol. The van der Waals surface area contributed by atoms with Gasteiger partial charge in [0.05, 0.1) is 17.6 Å². The maximum absolute atomic E-state index is 12.0. The van der Waals surface area contributed by atoms with Gasteiger partial charge in [-0.05, 0) is 34.1 Å². The highest BCUT2D eigenvalue weighted by atomic mass is 79.9. The second kappa shape index (κ2) is 6.98. The maximum atomic E-state index is 12.0. The molecule has 116 valence electrons. The molecule has 0 bridgehead atoms. The molecule has 8 nitrogen and oxygen atoms in total. The first-order valence-electron chi connectivity index (χ1n) is 5.47. The van der Waals surface area contributed by atoms with Crippen LogP contribution in [0.2, 0.25) is 0 Å². The molecule has 0 heterocycles. The molecule has 1 rings (SSSR count). The maximum Gasteiger partial charge on any atom is 0.336 e. The zero-order valence-corrected chi connectivity index (χ0v) is 13.1. The van der Waals surface area contributed by atoms with Crippen molar-refractivity contribution in [3.8, 4) is 0 Å². The van der Waals surface area contributed by atoms with Crippen LogP contribution in [0.15, 0.2) is 27.6 Å². The number of hydrogen-bond acceptors (Lipinski definition) is 6. The van der Waals surface area contributed by atoms with Gasteiger partial charge in [0, 0.05) is 11.0 Å². The molecule has 0 spiro atoms. The molecule has 1 atom stereocenters. The second-order valence-electron chi connectivity index (χ2n) is 3.84. The molecule has 0 saturated carbocycles. The molecule has 10 heteroatoms. The molecular formula is C11H12BrNO7S. The van der Waals surface area contributed by atoms with Crippen molar-refractivity contribution in [3.63, 3.8) is 0 Å². The Balaban J connectivity index is 2.93. The van der Waals surface area contributed by atoms with E-state index in [0.717, 1.165) is 25.3 Å². The molecule has 0 radical (unpaired) electrons. The molecule has 0 amide bonds. The van der Waals surface area contributed by atoms with Crippen LogP contribution < -0.4 is 4.72 Å². The normalized spacial score (nSPS) is 12.7. The molecule has 0 aliphatic rings. The highest BCUT2D eigenvalue weighted by Gasteiger charge is 2.22. The monoisotopic (exact) mass is 381 g/mol. The van der Waals surface area contributed by atoms with Crippen LogP contribution in [0.5, 0.6) is 0 Å². The highest BCUT2D eigenvalue weighted by Crippen LogP contribution is 2.23. The molecule has 0 aliphatic carbocycles. The zero-order chi connectivity index (χ0) is 16.2. The van der Waals surface area contributed by atoms with E-state index in [4.69, 9.17) is 5.11 Å². The third-order valence-electron chi connectivity index (χ3n) is 2.41. The summed E-state index contributed by atoms with van der Waals surface area (Å²) in [6, 6.07) is 3.35.